The maximum atomic E-state index is 12.7. The topological polar surface area (TPSA) is 99.6 Å². The first-order chi connectivity index (χ1) is 11.9. The minimum Gasteiger partial charge on any atom is -0.481 e. The summed E-state index contributed by atoms with van der Waals surface area (Å²) in [5.74, 6) is -1.72. The average molecular weight is 359 g/mol. The van der Waals surface area contributed by atoms with Gasteiger partial charge in [0.2, 0.25) is 5.91 Å². The summed E-state index contributed by atoms with van der Waals surface area (Å²) in [6.07, 6.45) is -0.197. The van der Waals surface area contributed by atoms with Crippen LogP contribution >= 0.6 is 11.3 Å². The first-order valence-corrected chi connectivity index (χ1v) is 8.60. The Kier molecular flexibility index (Phi) is 4.54. The monoisotopic (exact) mass is 359 g/mol. The Hall–Kier alpha value is -2.74. The molecule has 1 aliphatic heterocycles. The number of hydrogen-bond acceptors (Lipinski definition) is 6. The lowest BCUT2D eigenvalue weighted by Gasteiger charge is -2.17. The number of nitrogens with zero attached hydrogens (tertiary/aromatic N) is 2. The molecule has 1 aromatic carbocycles. The Morgan fingerprint density at radius 3 is 2.68 bits per heavy atom. The van der Waals surface area contributed by atoms with Gasteiger partial charge in [-0.1, -0.05) is 18.2 Å². The number of carboxylic acids is 1. The fourth-order valence-electron chi connectivity index (χ4n) is 2.80. The van der Waals surface area contributed by atoms with E-state index in [1.807, 2.05) is 32.0 Å². The van der Waals surface area contributed by atoms with Gasteiger partial charge in [0.05, 0.1) is 18.5 Å². The van der Waals surface area contributed by atoms with Gasteiger partial charge in [-0.15, -0.1) is 11.3 Å². The Labute approximate surface area is 148 Å². The Morgan fingerprint density at radius 2 is 2.04 bits per heavy atom. The number of hydrogen-bond donors (Lipinski definition) is 2. The van der Waals surface area contributed by atoms with Crippen molar-refractivity contribution in [3.8, 4) is 0 Å². The third kappa shape index (κ3) is 3.39. The molecule has 0 aliphatic carbocycles. The van der Waals surface area contributed by atoms with Gasteiger partial charge in [0.15, 0.2) is 5.13 Å². The van der Waals surface area contributed by atoms with Crippen LogP contribution in [0.3, 0.4) is 0 Å². The molecule has 130 valence electrons. The molecule has 0 radical (unpaired) electrons. The van der Waals surface area contributed by atoms with Crippen molar-refractivity contribution < 1.29 is 19.5 Å². The average Bonchev–Trinajstić information content (AvgIpc) is 3.07. The number of aromatic nitrogens is 1. The van der Waals surface area contributed by atoms with Crippen molar-refractivity contribution in [2.75, 3.05) is 10.2 Å². The van der Waals surface area contributed by atoms with Gasteiger partial charge in [0.1, 0.15) is 6.04 Å². The van der Waals surface area contributed by atoms with E-state index in [1.54, 1.807) is 5.38 Å². The fraction of sp³-hybridized carbons (Fsp3) is 0.294. The molecule has 1 saturated heterocycles. The summed E-state index contributed by atoms with van der Waals surface area (Å²) in [6.45, 7) is 3.88. The van der Waals surface area contributed by atoms with Crippen LogP contribution in [0.1, 0.15) is 23.2 Å². The van der Waals surface area contributed by atoms with Gasteiger partial charge in [-0.3, -0.25) is 14.4 Å². The van der Waals surface area contributed by atoms with E-state index in [-0.39, 0.29) is 29.8 Å². The molecule has 8 heteroatoms. The van der Waals surface area contributed by atoms with Crippen LogP contribution < -0.4 is 10.2 Å². The molecule has 1 fully saturated rings. The number of thiazole rings is 1. The first-order valence-electron chi connectivity index (χ1n) is 7.72. The number of nitrogens with one attached hydrogen (secondary N) is 1. The molecule has 2 N–H and O–H groups in total. The minimum absolute atomic E-state index is 0.0421. The number of carbonyl (C=O) groups excluding carboxylic acids is 2. The van der Waals surface area contributed by atoms with Crippen LogP contribution in [0.15, 0.2) is 23.6 Å². The molecule has 1 unspecified atom stereocenters. The normalized spacial score (nSPS) is 17.2. The number of carbonyl (C=O) groups is 3. The van der Waals surface area contributed by atoms with Crippen LogP contribution in [0.4, 0.5) is 10.8 Å². The van der Waals surface area contributed by atoms with E-state index in [4.69, 9.17) is 5.11 Å². The molecule has 1 aliphatic rings. The lowest BCUT2D eigenvalue weighted by molar-refractivity contribution is -0.136. The third-order valence-corrected chi connectivity index (χ3v) is 4.88. The lowest BCUT2D eigenvalue weighted by atomic mass is 10.1. The molecule has 2 heterocycles. The molecule has 2 amide bonds. The standard InChI is InChI=1S/C17H17N3O4S/c1-9-4-3-5-10(2)15(9)19-12-7-13(21)20(16(12)24)17-18-11(8-25-17)6-14(22)23/h3-5,8,12,19H,6-7H2,1-2H3,(H,22,23). The van der Waals surface area contributed by atoms with Gasteiger partial charge in [0.25, 0.3) is 5.91 Å². The zero-order valence-electron chi connectivity index (χ0n) is 13.8. The molecule has 0 saturated carbocycles. The van der Waals surface area contributed by atoms with Crippen LogP contribution in [0.2, 0.25) is 0 Å². The summed E-state index contributed by atoms with van der Waals surface area (Å²) < 4.78 is 0. The van der Waals surface area contributed by atoms with E-state index in [9.17, 15) is 14.4 Å². The molecular formula is C17H17N3O4S. The van der Waals surface area contributed by atoms with Crippen molar-refractivity contribution in [1.29, 1.82) is 0 Å². The highest BCUT2D eigenvalue weighted by molar-refractivity contribution is 7.14. The number of carboxylic acid groups (broad SMARTS) is 1. The highest BCUT2D eigenvalue weighted by atomic mass is 32.1. The molecule has 2 aromatic rings. The van der Waals surface area contributed by atoms with Crippen LogP contribution in [0.5, 0.6) is 0 Å². The summed E-state index contributed by atoms with van der Waals surface area (Å²) in [4.78, 5) is 40.9. The molecule has 0 spiro atoms. The highest BCUT2D eigenvalue weighted by Gasteiger charge is 2.41. The SMILES string of the molecule is Cc1cccc(C)c1NC1CC(=O)N(c2nc(CC(=O)O)cs2)C1=O. The number of anilines is 2. The zero-order valence-corrected chi connectivity index (χ0v) is 14.6. The van der Waals surface area contributed by atoms with E-state index >= 15 is 0 Å². The molecule has 0 bridgehead atoms. The summed E-state index contributed by atoms with van der Waals surface area (Å²) >= 11 is 1.09. The maximum Gasteiger partial charge on any atom is 0.309 e. The number of rotatable bonds is 5. The van der Waals surface area contributed by atoms with Gasteiger partial charge in [-0.25, -0.2) is 9.88 Å². The van der Waals surface area contributed by atoms with E-state index in [1.165, 1.54) is 0 Å². The predicted molar refractivity (Wildman–Crippen MR) is 93.9 cm³/mol. The van der Waals surface area contributed by atoms with Gasteiger partial charge < -0.3 is 10.4 Å². The molecule has 7 nitrogen and oxygen atoms in total. The smallest absolute Gasteiger partial charge is 0.309 e. The molecule has 1 atom stereocenters. The van der Waals surface area contributed by atoms with Crippen LogP contribution in [-0.2, 0) is 20.8 Å². The van der Waals surface area contributed by atoms with Gasteiger partial charge >= 0.3 is 5.97 Å². The van der Waals surface area contributed by atoms with Crippen molar-refractivity contribution in [3.63, 3.8) is 0 Å². The quantitative estimate of drug-likeness (QED) is 0.794. The third-order valence-electron chi connectivity index (χ3n) is 4.01. The Morgan fingerprint density at radius 1 is 1.36 bits per heavy atom. The van der Waals surface area contributed by atoms with Crippen molar-refractivity contribution in [1.82, 2.24) is 4.98 Å². The summed E-state index contributed by atoms with van der Waals surface area (Å²) in [5.41, 5.74) is 3.17. The number of aliphatic carboxylic acids is 1. The van der Waals surface area contributed by atoms with E-state index in [0.29, 0.717) is 5.69 Å². The second-order valence-corrected chi connectivity index (χ2v) is 6.76. The molecule has 1 aromatic heterocycles. The second-order valence-electron chi connectivity index (χ2n) is 5.93. The van der Waals surface area contributed by atoms with Crippen LogP contribution in [0.25, 0.3) is 0 Å². The van der Waals surface area contributed by atoms with Crippen molar-refractivity contribution >= 4 is 39.9 Å². The van der Waals surface area contributed by atoms with Gasteiger partial charge in [-0.05, 0) is 25.0 Å². The Bertz CT molecular complexity index is 841. The highest BCUT2D eigenvalue weighted by Crippen LogP contribution is 2.29. The van der Waals surface area contributed by atoms with Crippen molar-refractivity contribution in [2.45, 2.75) is 32.7 Å². The molecule has 3 rings (SSSR count). The van der Waals surface area contributed by atoms with E-state index in [2.05, 4.69) is 10.3 Å². The minimum atomic E-state index is -1.01. The molecular weight excluding hydrogens is 342 g/mol. The molecule has 25 heavy (non-hydrogen) atoms. The van der Waals surface area contributed by atoms with Crippen LogP contribution in [-0.4, -0.2) is 33.9 Å². The van der Waals surface area contributed by atoms with Crippen molar-refractivity contribution in [3.05, 3.63) is 40.4 Å². The number of para-hydroxylation sites is 1. The first kappa shape index (κ1) is 17.1. The summed E-state index contributed by atoms with van der Waals surface area (Å²) in [5, 5.41) is 13.7. The number of benzene rings is 1. The zero-order chi connectivity index (χ0) is 18.1. The van der Waals surface area contributed by atoms with E-state index in [0.717, 1.165) is 33.1 Å². The van der Waals surface area contributed by atoms with Crippen LogP contribution in [0, 0.1) is 13.8 Å². The number of imide groups is 1. The summed E-state index contributed by atoms with van der Waals surface area (Å²) in [6, 6.07) is 5.16. The lowest BCUT2D eigenvalue weighted by Crippen LogP contribution is -2.35. The van der Waals surface area contributed by atoms with E-state index < -0.39 is 12.0 Å². The Balaban J connectivity index is 1.80. The number of aryl methyl sites for hydroxylation is 2. The number of amides is 2. The van der Waals surface area contributed by atoms with Crippen molar-refractivity contribution in [2.24, 2.45) is 0 Å². The van der Waals surface area contributed by atoms with Gasteiger partial charge in [-0.2, -0.15) is 0 Å². The fourth-order valence-corrected chi connectivity index (χ4v) is 3.64. The second kappa shape index (κ2) is 6.64. The largest absolute Gasteiger partial charge is 0.481 e. The summed E-state index contributed by atoms with van der Waals surface area (Å²) in [7, 11) is 0. The maximum absolute atomic E-state index is 12.7. The van der Waals surface area contributed by atoms with Gasteiger partial charge in [0, 0.05) is 11.1 Å². The predicted octanol–water partition coefficient (Wildman–Crippen LogP) is 2.13.